The summed E-state index contributed by atoms with van der Waals surface area (Å²) in [6.07, 6.45) is 0. The fraction of sp³-hybridized carbons (Fsp3) is 0.533. The number of carbonyl (C=O) groups is 1. The molecule has 3 heteroatoms. The van der Waals surface area contributed by atoms with E-state index in [0.29, 0.717) is 11.6 Å². The lowest BCUT2D eigenvalue weighted by Crippen LogP contribution is -2.24. The number of hydrogen-bond donors (Lipinski definition) is 2. The van der Waals surface area contributed by atoms with Crippen LogP contribution in [0.4, 0.5) is 5.69 Å². The summed E-state index contributed by atoms with van der Waals surface area (Å²) in [7, 11) is 0. The molecular weight excluding hydrogens is 226 g/mol. The van der Waals surface area contributed by atoms with Gasteiger partial charge in [0.2, 0.25) is 0 Å². The second kappa shape index (κ2) is 5.42. The summed E-state index contributed by atoms with van der Waals surface area (Å²) in [4.78, 5) is 11.6. The number of hydrogen-bond acceptors (Lipinski definition) is 2. The summed E-state index contributed by atoms with van der Waals surface area (Å²) < 4.78 is 0. The number of carboxylic acids is 1. The second-order valence-corrected chi connectivity index (χ2v) is 5.50. The summed E-state index contributed by atoms with van der Waals surface area (Å²) in [6.45, 7) is 9.94. The van der Waals surface area contributed by atoms with Gasteiger partial charge in [-0.3, -0.25) is 4.79 Å². The normalized spacial score (nSPS) is 14.6. The number of benzene rings is 1. The van der Waals surface area contributed by atoms with Crippen LogP contribution in [0.3, 0.4) is 0 Å². The monoisotopic (exact) mass is 249 g/mol. The van der Waals surface area contributed by atoms with Gasteiger partial charge in [0.25, 0.3) is 0 Å². The summed E-state index contributed by atoms with van der Waals surface area (Å²) in [5, 5.41) is 9.50. The van der Waals surface area contributed by atoms with E-state index in [4.69, 9.17) is 5.73 Å². The molecule has 18 heavy (non-hydrogen) atoms. The molecule has 0 aromatic heterocycles. The van der Waals surface area contributed by atoms with Crippen molar-refractivity contribution in [1.82, 2.24) is 0 Å². The zero-order valence-corrected chi connectivity index (χ0v) is 11.8. The quantitative estimate of drug-likeness (QED) is 0.804. The second-order valence-electron chi connectivity index (χ2n) is 5.50. The van der Waals surface area contributed by atoms with Crippen LogP contribution in [-0.2, 0) is 4.79 Å². The maximum atomic E-state index is 11.6. The molecule has 1 rings (SSSR count). The first-order valence-electron chi connectivity index (χ1n) is 6.35. The Hall–Kier alpha value is -1.51. The molecule has 0 aliphatic rings. The van der Waals surface area contributed by atoms with Gasteiger partial charge in [0.05, 0.1) is 5.92 Å². The predicted octanol–water partition coefficient (Wildman–Crippen LogP) is 3.35. The minimum atomic E-state index is -0.798. The highest BCUT2D eigenvalue weighted by molar-refractivity contribution is 5.79. The van der Waals surface area contributed by atoms with Crippen molar-refractivity contribution >= 4 is 11.7 Å². The summed E-state index contributed by atoms with van der Waals surface area (Å²) >= 11 is 0. The lowest BCUT2D eigenvalue weighted by Gasteiger charge is -2.26. The van der Waals surface area contributed by atoms with E-state index in [1.54, 1.807) is 0 Å². The average molecular weight is 249 g/mol. The van der Waals surface area contributed by atoms with Crippen LogP contribution in [0.15, 0.2) is 12.1 Å². The van der Waals surface area contributed by atoms with Crippen molar-refractivity contribution in [2.24, 2.45) is 11.8 Å². The maximum Gasteiger partial charge on any atom is 0.311 e. The molecule has 1 aromatic rings. The van der Waals surface area contributed by atoms with E-state index in [0.717, 1.165) is 16.7 Å². The maximum absolute atomic E-state index is 11.6. The number of nitrogens with two attached hydrogens (primary N) is 1. The summed E-state index contributed by atoms with van der Waals surface area (Å²) in [5.41, 5.74) is 9.43. The van der Waals surface area contributed by atoms with Crippen molar-refractivity contribution in [3.05, 3.63) is 28.8 Å². The molecule has 0 spiro atoms. The van der Waals surface area contributed by atoms with Gasteiger partial charge in [0.1, 0.15) is 0 Å². The van der Waals surface area contributed by atoms with Crippen molar-refractivity contribution in [1.29, 1.82) is 0 Å². The average Bonchev–Trinajstić information content (AvgIpc) is 2.24. The van der Waals surface area contributed by atoms with Crippen LogP contribution < -0.4 is 5.73 Å². The fourth-order valence-corrected chi connectivity index (χ4v) is 2.29. The van der Waals surface area contributed by atoms with Crippen LogP contribution in [0.5, 0.6) is 0 Å². The number of aliphatic carboxylic acids is 1. The van der Waals surface area contributed by atoms with E-state index in [2.05, 4.69) is 0 Å². The molecule has 0 bridgehead atoms. The third kappa shape index (κ3) is 2.84. The van der Waals surface area contributed by atoms with Crippen LogP contribution in [0.25, 0.3) is 0 Å². The number of rotatable bonds is 4. The van der Waals surface area contributed by atoms with E-state index in [9.17, 15) is 9.90 Å². The van der Waals surface area contributed by atoms with Crippen LogP contribution in [0.2, 0.25) is 0 Å². The van der Waals surface area contributed by atoms with Crippen LogP contribution in [-0.4, -0.2) is 11.1 Å². The molecule has 0 heterocycles. The van der Waals surface area contributed by atoms with Crippen molar-refractivity contribution in [2.75, 3.05) is 5.73 Å². The molecule has 100 valence electrons. The van der Waals surface area contributed by atoms with Crippen LogP contribution in [0.1, 0.15) is 43.4 Å². The Balaban J connectivity index is 3.35. The minimum absolute atomic E-state index is 0.0472. The van der Waals surface area contributed by atoms with Crippen LogP contribution >= 0.6 is 0 Å². The lowest BCUT2D eigenvalue weighted by molar-refractivity contribution is -0.140. The predicted molar refractivity (Wildman–Crippen MR) is 74.7 cm³/mol. The van der Waals surface area contributed by atoms with Gasteiger partial charge in [-0.15, -0.1) is 0 Å². The third-order valence-electron chi connectivity index (χ3n) is 3.74. The van der Waals surface area contributed by atoms with Gasteiger partial charge >= 0.3 is 5.97 Å². The van der Waals surface area contributed by atoms with Crippen LogP contribution in [0, 0.1) is 25.7 Å². The van der Waals surface area contributed by atoms with Gasteiger partial charge in [-0.05, 0) is 36.8 Å². The first kappa shape index (κ1) is 14.6. The Morgan fingerprint density at radius 3 is 2.22 bits per heavy atom. The number of anilines is 1. The molecule has 0 saturated carbocycles. The molecule has 0 aliphatic carbocycles. The molecule has 0 amide bonds. The number of carboxylic acid groups (broad SMARTS) is 1. The van der Waals surface area contributed by atoms with Crippen molar-refractivity contribution in [3.8, 4) is 0 Å². The molecule has 0 fully saturated rings. The van der Waals surface area contributed by atoms with Gasteiger partial charge in [-0.1, -0.05) is 38.5 Å². The van der Waals surface area contributed by atoms with E-state index in [1.807, 2.05) is 46.8 Å². The molecule has 2 atom stereocenters. The Labute approximate surface area is 109 Å². The highest BCUT2D eigenvalue weighted by atomic mass is 16.4. The number of aryl methyl sites for hydroxylation is 2. The molecule has 2 unspecified atom stereocenters. The number of nitrogen functional groups attached to an aromatic ring is 1. The van der Waals surface area contributed by atoms with Gasteiger partial charge in [-0.25, -0.2) is 0 Å². The summed E-state index contributed by atoms with van der Waals surface area (Å²) in [6, 6.07) is 3.89. The Kier molecular flexibility index (Phi) is 4.38. The Morgan fingerprint density at radius 2 is 1.78 bits per heavy atom. The van der Waals surface area contributed by atoms with E-state index >= 15 is 0 Å². The van der Waals surface area contributed by atoms with Gasteiger partial charge < -0.3 is 10.8 Å². The third-order valence-corrected chi connectivity index (χ3v) is 3.74. The highest BCUT2D eigenvalue weighted by Gasteiger charge is 2.30. The minimum Gasteiger partial charge on any atom is -0.481 e. The van der Waals surface area contributed by atoms with Crippen molar-refractivity contribution in [2.45, 2.75) is 40.5 Å². The summed E-state index contributed by atoms with van der Waals surface area (Å²) in [5.74, 6) is -0.992. The standard InChI is InChI=1S/C15H23NO2/c1-8(2)11(5)13(15(17)18)12-7-9(3)6-10(4)14(12)16/h6-8,11,13H,16H2,1-5H3,(H,17,18). The lowest BCUT2D eigenvalue weighted by atomic mass is 9.79. The first-order chi connectivity index (χ1) is 8.25. The zero-order valence-electron chi connectivity index (χ0n) is 11.8. The SMILES string of the molecule is Cc1cc(C)c(N)c(C(C(=O)O)C(C)C(C)C)c1. The highest BCUT2D eigenvalue weighted by Crippen LogP contribution is 2.35. The smallest absolute Gasteiger partial charge is 0.311 e. The Morgan fingerprint density at radius 1 is 1.22 bits per heavy atom. The van der Waals surface area contributed by atoms with Crippen molar-refractivity contribution < 1.29 is 9.90 Å². The van der Waals surface area contributed by atoms with Gasteiger partial charge in [0, 0.05) is 5.69 Å². The molecule has 3 N–H and O–H groups in total. The van der Waals surface area contributed by atoms with E-state index < -0.39 is 11.9 Å². The zero-order chi connectivity index (χ0) is 14.0. The van der Waals surface area contributed by atoms with Gasteiger partial charge in [-0.2, -0.15) is 0 Å². The van der Waals surface area contributed by atoms with E-state index in [-0.39, 0.29) is 5.92 Å². The van der Waals surface area contributed by atoms with Gasteiger partial charge in [0.15, 0.2) is 0 Å². The molecule has 0 saturated heterocycles. The Bertz CT molecular complexity index is 452. The molecule has 0 aliphatic heterocycles. The molecule has 3 nitrogen and oxygen atoms in total. The van der Waals surface area contributed by atoms with Crippen molar-refractivity contribution in [3.63, 3.8) is 0 Å². The molecule has 0 radical (unpaired) electrons. The fourth-order valence-electron chi connectivity index (χ4n) is 2.29. The molecular formula is C15H23NO2. The topological polar surface area (TPSA) is 63.3 Å². The largest absolute Gasteiger partial charge is 0.481 e. The first-order valence-corrected chi connectivity index (χ1v) is 6.35. The molecule has 1 aromatic carbocycles. The van der Waals surface area contributed by atoms with E-state index in [1.165, 1.54) is 0 Å².